The maximum Gasteiger partial charge on any atom is 0.328 e. The van der Waals surface area contributed by atoms with Gasteiger partial charge in [0.05, 0.1) is 13.2 Å². The zero-order valence-electron chi connectivity index (χ0n) is 10.3. The first kappa shape index (κ1) is 14.4. The van der Waals surface area contributed by atoms with E-state index in [0.29, 0.717) is 6.42 Å². The summed E-state index contributed by atoms with van der Waals surface area (Å²) < 4.78 is 5.07. The molecule has 2 atom stereocenters. The highest BCUT2D eigenvalue weighted by Gasteiger charge is 2.25. The highest BCUT2D eigenvalue weighted by atomic mass is 16.5. The second-order valence-corrected chi connectivity index (χ2v) is 4.21. The summed E-state index contributed by atoms with van der Waals surface area (Å²) in [5, 5.41) is 11.5. The molecule has 0 aromatic rings. The molecule has 0 spiro atoms. The van der Waals surface area contributed by atoms with Crippen LogP contribution < -0.4 is 5.32 Å². The van der Waals surface area contributed by atoms with Crippen molar-refractivity contribution < 1.29 is 19.4 Å². The van der Waals surface area contributed by atoms with Gasteiger partial charge in [0.1, 0.15) is 0 Å². The van der Waals surface area contributed by atoms with E-state index in [2.05, 4.69) is 11.9 Å². The fourth-order valence-electron chi connectivity index (χ4n) is 1.77. The van der Waals surface area contributed by atoms with Crippen LogP contribution in [0.5, 0.6) is 0 Å². The van der Waals surface area contributed by atoms with E-state index in [-0.39, 0.29) is 25.0 Å². The first-order valence-electron chi connectivity index (χ1n) is 6.02. The number of aliphatic carboxylic acids is 1. The average Bonchev–Trinajstić information content (AvgIpc) is 2.38. The number of allylic oxidation sites excluding steroid dienone is 2. The van der Waals surface area contributed by atoms with Gasteiger partial charge in [-0.1, -0.05) is 18.2 Å². The summed E-state index contributed by atoms with van der Waals surface area (Å²) in [6.45, 7) is 3.69. The summed E-state index contributed by atoms with van der Waals surface area (Å²) in [5.74, 6) is -1.43. The largest absolute Gasteiger partial charge is 0.480 e. The molecule has 0 bridgehead atoms. The van der Waals surface area contributed by atoms with Gasteiger partial charge in [-0.2, -0.15) is 0 Å². The van der Waals surface area contributed by atoms with Gasteiger partial charge in [0.2, 0.25) is 5.91 Å². The second-order valence-electron chi connectivity index (χ2n) is 4.21. The molecular weight excluding hydrogens is 234 g/mol. The molecule has 1 rings (SSSR count). The van der Waals surface area contributed by atoms with E-state index in [9.17, 15) is 9.59 Å². The number of carbonyl (C=O) groups is 2. The third kappa shape index (κ3) is 4.71. The van der Waals surface area contributed by atoms with Gasteiger partial charge in [-0.15, -0.1) is 6.58 Å². The van der Waals surface area contributed by atoms with Crippen LogP contribution >= 0.6 is 0 Å². The molecule has 1 aliphatic carbocycles. The molecule has 0 fully saturated rings. The highest BCUT2D eigenvalue weighted by Crippen LogP contribution is 2.18. The van der Waals surface area contributed by atoms with E-state index in [1.54, 1.807) is 0 Å². The summed E-state index contributed by atoms with van der Waals surface area (Å²) in [5.41, 5.74) is 0. The molecule has 0 radical (unpaired) electrons. The van der Waals surface area contributed by atoms with E-state index in [4.69, 9.17) is 9.84 Å². The smallest absolute Gasteiger partial charge is 0.328 e. The quantitative estimate of drug-likeness (QED) is 0.526. The summed E-state index contributed by atoms with van der Waals surface area (Å²) in [6.07, 6.45) is 7.83. The molecule has 2 unspecified atom stereocenters. The summed E-state index contributed by atoms with van der Waals surface area (Å²) in [4.78, 5) is 22.8. The number of ether oxygens (including phenoxy) is 1. The third-order valence-corrected chi connectivity index (χ3v) is 2.77. The SMILES string of the molecule is C=CCOCC(NC(=O)C1CC=CCC1)C(=O)O. The maximum atomic E-state index is 11.9. The molecule has 0 aromatic carbocycles. The van der Waals surface area contributed by atoms with Crippen molar-refractivity contribution in [3.63, 3.8) is 0 Å². The van der Waals surface area contributed by atoms with E-state index >= 15 is 0 Å². The van der Waals surface area contributed by atoms with Gasteiger partial charge in [-0.3, -0.25) is 4.79 Å². The molecule has 5 nitrogen and oxygen atoms in total. The molecule has 0 heterocycles. The van der Waals surface area contributed by atoms with Crippen LogP contribution in [0.4, 0.5) is 0 Å². The second kappa shape index (κ2) is 7.66. The molecule has 100 valence electrons. The lowest BCUT2D eigenvalue weighted by molar-refractivity contribution is -0.144. The third-order valence-electron chi connectivity index (χ3n) is 2.77. The van der Waals surface area contributed by atoms with Gasteiger partial charge < -0.3 is 15.2 Å². The number of nitrogens with one attached hydrogen (secondary N) is 1. The fraction of sp³-hybridized carbons (Fsp3) is 0.538. The van der Waals surface area contributed by atoms with Crippen LogP contribution in [0.25, 0.3) is 0 Å². The van der Waals surface area contributed by atoms with E-state index < -0.39 is 12.0 Å². The van der Waals surface area contributed by atoms with Gasteiger partial charge in [0.15, 0.2) is 6.04 Å². The summed E-state index contributed by atoms with van der Waals surface area (Å²) in [7, 11) is 0. The van der Waals surface area contributed by atoms with Crippen LogP contribution in [-0.2, 0) is 14.3 Å². The number of carbonyl (C=O) groups excluding carboxylic acids is 1. The monoisotopic (exact) mass is 253 g/mol. The van der Waals surface area contributed by atoms with Crippen LogP contribution in [0.2, 0.25) is 0 Å². The lowest BCUT2D eigenvalue weighted by Crippen LogP contribution is -2.46. The summed E-state index contributed by atoms with van der Waals surface area (Å²) >= 11 is 0. The Balaban J connectivity index is 2.43. The molecule has 0 saturated heterocycles. The number of hydrogen-bond acceptors (Lipinski definition) is 3. The first-order chi connectivity index (χ1) is 8.65. The Morgan fingerprint density at radius 3 is 2.89 bits per heavy atom. The van der Waals surface area contributed by atoms with E-state index in [1.165, 1.54) is 6.08 Å². The van der Waals surface area contributed by atoms with Crippen molar-refractivity contribution in [2.45, 2.75) is 25.3 Å². The normalized spacial score (nSPS) is 20.1. The molecule has 2 N–H and O–H groups in total. The first-order valence-corrected chi connectivity index (χ1v) is 6.02. The predicted molar refractivity (Wildman–Crippen MR) is 67.1 cm³/mol. The highest BCUT2D eigenvalue weighted by molar-refractivity contribution is 5.85. The minimum Gasteiger partial charge on any atom is -0.480 e. The lowest BCUT2D eigenvalue weighted by Gasteiger charge is -2.20. The van der Waals surface area contributed by atoms with Crippen molar-refractivity contribution >= 4 is 11.9 Å². The van der Waals surface area contributed by atoms with Gasteiger partial charge in [-0.05, 0) is 19.3 Å². The topological polar surface area (TPSA) is 75.6 Å². The Labute approximate surface area is 107 Å². The van der Waals surface area contributed by atoms with Crippen molar-refractivity contribution in [2.75, 3.05) is 13.2 Å². The van der Waals surface area contributed by atoms with Crippen molar-refractivity contribution in [2.24, 2.45) is 5.92 Å². The van der Waals surface area contributed by atoms with E-state index in [1.807, 2.05) is 12.2 Å². The van der Waals surface area contributed by atoms with Crippen molar-refractivity contribution in [1.82, 2.24) is 5.32 Å². The molecular formula is C13H19NO4. The Morgan fingerprint density at radius 1 is 1.56 bits per heavy atom. The minimum absolute atomic E-state index is 0.0460. The van der Waals surface area contributed by atoms with E-state index in [0.717, 1.165) is 12.8 Å². The van der Waals surface area contributed by atoms with Crippen LogP contribution in [0.15, 0.2) is 24.8 Å². The Hall–Kier alpha value is -1.62. The molecule has 1 aliphatic rings. The standard InChI is InChI=1S/C13H19NO4/c1-2-8-18-9-11(13(16)17)14-12(15)10-6-4-3-5-7-10/h2-4,10-11H,1,5-9H2,(H,14,15)(H,16,17). The van der Waals surface area contributed by atoms with Gasteiger partial charge in [0, 0.05) is 5.92 Å². The van der Waals surface area contributed by atoms with Crippen LogP contribution in [-0.4, -0.2) is 36.2 Å². The Kier molecular flexibility index (Phi) is 6.14. The number of carboxylic acids is 1. The zero-order valence-corrected chi connectivity index (χ0v) is 10.3. The summed E-state index contributed by atoms with van der Waals surface area (Å²) in [6, 6.07) is -0.997. The molecule has 0 saturated carbocycles. The Bertz CT molecular complexity index is 338. The zero-order chi connectivity index (χ0) is 13.4. The molecule has 0 aliphatic heterocycles. The number of rotatable bonds is 7. The average molecular weight is 253 g/mol. The van der Waals surface area contributed by atoms with Gasteiger partial charge in [0.25, 0.3) is 0 Å². The predicted octanol–water partition coefficient (Wildman–Crippen LogP) is 1.11. The van der Waals surface area contributed by atoms with Crippen LogP contribution in [0.3, 0.4) is 0 Å². The number of carboxylic acid groups (broad SMARTS) is 1. The maximum absolute atomic E-state index is 11.9. The molecule has 18 heavy (non-hydrogen) atoms. The molecule has 5 heteroatoms. The molecule has 0 aromatic heterocycles. The van der Waals surface area contributed by atoms with Crippen molar-refractivity contribution in [1.29, 1.82) is 0 Å². The number of hydrogen-bond donors (Lipinski definition) is 2. The number of amides is 1. The van der Waals surface area contributed by atoms with Crippen molar-refractivity contribution in [3.8, 4) is 0 Å². The van der Waals surface area contributed by atoms with Crippen LogP contribution in [0.1, 0.15) is 19.3 Å². The molecule has 1 amide bonds. The van der Waals surface area contributed by atoms with Crippen LogP contribution in [0, 0.1) is 5.92 Å². The van der Waals surface area contributed by atoms with Gasteiger partial charge >= 0.3 is 5.97 Å². The Morgan fingerprint density at radius 2 is 2.33 bits per heavy atom. The minimum atomic E-state index is -1.08. The lowest BCUT2D eigenvalue weighted by atomic mass is 9.93. The van der Waals surface area contributed by atoms with Crippen molar-refractivity contribution in [3.05, 3.63) is 24.8 Å². The van der Waals surface area contributed by atoms with Gasteiger partial charge in [-0.25, -0.2) is 4.79 Å². The fourth-order valence-corrected chi connectivity index (χ4v) is 1.77.